The largest absolute Gasteiger partial charge is 0.297 e. The van der Waals surface area contributed by atoms with Gasteiger partial charge >= 0.3 is 0 Å². The summed E-state index contributed by atoms with van der Waals surface area (Å²) in [6.07, 6.45) is 1.44. The first-order valence-corrected chi connectivity index (χ1v) is 9.70. The van der Waals surface area contributed by atoms with Crippen LogP contribution in [0.4, 0.5) is 0 Å². The summed E-state index contributed by atoms with van der Waals surface area (Å²) in [7, 11) is -3.70. The zero-order chi connectivity index (χ0) is 17.0. The van der Waals surface area contributed by atoms with E-state index in [1.165, 1.54) is 5.56 Å². The zero-order valence-corrected chi connectivity index (χ0v) is 14.7. The highest BCUT2D eigenvalue weighted by atomic mass is 32.2. The van der Waals surface area contributed by atoms with Gasteiger partial charge in [-0.3, -0.25) is 9.08 Å². The van der Waals surface area contributed by atoms with Gasteiger partial charge < -0.3 is 0 Å². The van der Waals surface area contributed by atoms with E-state index in [9.17, 15) is 8.42 Å². The molecular weight excluding hydrogens is 322 g/mol. The fourth-order valence-corrected chi connectivity index (χ4v) is 4.11. The number of aryl methyl sites for hydroxylation is 1. The molecule has 24 heavy (non-hydrogen) atoms. The van der Waals surface area contributed by atoms with Crippen LogP contribution in [0.3, 0.4) is 0 Å². The number of likely N-dealkylation sites (tertiary alicyclic amines) is 1. The topological polar surface area (TPSA) is 46.6 Å². The number of piperidine rings is 1. The molecule has 1 fully saturated rings. The first-order valence-electron chi connectivity index (χ1n) is 8.29. The van der Waals surface area contributed by atoms with E-state index in [1.54, 1.807) is 24.3 Å². The summed E-state index contributed by atoms with van der Waals surface area (Å²) >= 11 is 0. The zero-order valence-electron chi connectivity index (χ0n) is 13.9. The second-order valence-electron chi connectivity index (χ2n) is 6.35. The van der Waals surface area contributed by atoms with Crippen LogP contribution in [-0.4, -0.2) is 32.5 Å². The molecule has 0 amide bonds. The Morgan fingerprint density at radius 3 is 2.50 bits per heavy atom. The highest BCUT2D eigenvalue weighted by molar-refractivity contribution is 7.86. The van der Waals surface area contributed by atoms with Crippen molar-refractivity contribution in [3.05, 3.63) is 65.7 Å². The van der Waals surface area contributed by atoms with Crippen LogP contribution in [0.15, 0.2) is 59.5 Å². The molecule has 1 unspecified atom stereocenters. The van der Waals surface area contributed by atoms with Crippen LogP contribution in [0.2, 0.25) is 0 Å². The molecule has 0 spiro atoms. The van der Waals surface area contributed by atoms with E-state index < -0.39 is 10.1 Å². The number of rotatable bonds is 5. The highest BCUT2D eigenvalue weighted by Gasteiger charge is 2.26. The van der Waals surface area contributed by atoms with Gasteiger partial charge in [-0.2, -0.15) is 8.42 Å². The third-order valence-electron chi connectivity index (χ3n) is 4.28. The predicted molar refractivity (Wildman–Crippen MR) is 94.2 cm³/mol. The molecule has 3 rings (SSSR count). The standard InChI is InChI=1S/C19H23NO3S/c1-16-9-11-19(12-10-16)24(21,22)23-18-8-5-13-20(15-18)14-17-6-3-2-4-7-17/h2-4,6-7,9-12,18H,5,8,13-15H2,1H3. The molecule has 4 nitrogen and oxygen atoms in total. The lowest BCUT2D eigenvalue weighted by Gasteiger charge is -2.32. The number of nitrogens with zero attached hydrogens (tertiary/aromatic N) is 1. The van der Waals surface area contributed by atoms with E-state index in [0.717, 1.165) is 31.5 Å². The van der Waals surface area contributed by atoms with Crippen molar-refractivity contribution in [2.24, 2.45) is 0 Å². The van der Waals surface area contributed by atoms with E-state index in [4.69, 9.17) is 4.18 Å². The second kappa shape index (κ2) is 7.47. The lowest BCUT2D eigenvalue weighted by molar-refractivity contribution is 0.0890. The van der Waals surface area contributed by atoms with E-state index in [-0.39, 0.29) is 11.0 Å². The molecule has 0 bridgehead atoms. The van der Waals surface area contributed by atoms with Gasteiger partial charge in [-0.25, -0.2) is 0 Å². The van der Waals surface area contributed by atoms with E-state index in [0.29, 0.717) is 6.54 Å². The van der Waals surface area contributed by atoms with Crippen molar-refractivity contribution >= 4 is 10.1 Å². The van der Waals surface area contributed by atoms with Crippen molar-refractivity contribution in [1.29, 1.82) is 0 Å². The van der Waals surface area contributed by atoms with Crippen LogP contribution in [0.5, 0.6) is 0 Å². The van der Waals surface area contributed by atoms with Gasteiger partial charge in [0.05, 0.1) is 11.0 Å². The summed E-state index contributed by atoms with van der Waals surface area (Å²) in [6, 6.07) is 17.0. The van der Waals surface area contributed by atoms with E-state index in [2.05, 4.69) is 17.0 Å². The number of hydrogen-bond donors (Lipinski definition) is 0. The first-order chi connectivity index (χ1) is 11.5. The normalized spacial score (nSPS) is 19.3. The van der Waals surface area contributed by atoms with Crippen LogP contribution in [0.1, 0.15) is 24.0 Å². The Balaban J connectivity index is 1.63. The molecule has 1 aliphatic rings. The monoisotopic (exact) mass is 345 g/mol. The average Bonchev–Trinajstić information content (AvgIpc) is 2.56. The van der Waals surface area contributed by atoms with Gasteiger partial charge in [0.2, 0.25) is 0 Å². The molecular formula is C19H23NO3S. The average molecular weight is 345 g/mol. The Kier molecular flexibility index (Phi) is 5.33. The molecule has 128 valence electrons. The molecule has 5 heteroatoms. The molecule has 1 heterocycles. The van der Waals surface area contributed by atoms with Gasteiger partial charge in [0, 0.05) is 13.1 Å². The Morgan fingerprint density at radius 2 is 1.79 bits per heavy atom. The van der Waals surface area contributed by atoms with Gasteiger partial charge in [-0.15, -0.1) is 0 Å². The number of hydrogen-bond acceptors (Lipinski definition) is 4. The van der Waals surface area contributed by atoms with Crippen molar-refractivity contribution < 1.29 is 12.6 Å². The summed E-state index contributed by atoms with van der Waals surface area (Å²) in [6.45, 7) is 4.37. The van der Waals surface area contributed by atoms with Gasteiger partial charge in [0.1, 0.15) is 0 Å². The van der Waals surface area contributed by atoms with Crippen LogP contribution in [0.25, 0.3) is 0 Å². The van der Waals surface area contributed by atoms with Crippen LogP contribution in [-0.2, 0) is 20.8 Å². The smallest absolute Gasteiger partial charge is 0.296 e. The maximum atomic E-state index is 12.4. The second-order valence-corrected chi connectivity index (χ2v) is 7.92. The lowest BCUT2D eigenvalue weighted by Crippen LogP contribution is -2.40. The fraction of sp³-hybridized carbons (Fsp3) is 0.368. The molecule has 0 saturated carbocycles. The summed E-state index contributed by atoms with van der Waals surface area (Å²) in [5, 5.41) is 0. The maximum Gasteiger partial charge on any atom is 0.297 e. The van der Waals surface area contributed by atoms with Gasteiger partial charge in [-0.05, 0) is 44.0 Å². The summed E-state index contributed by atoms with van der Waals surface area (Å²) in [5.41, 5.74) is 2.26. The van der Waals surface area contributed by atoms with E-state index >= 15 is 0 Å². The predicted octanol–water partition coefficient (Wildman–Crippen LogP) is 3.36. The van der Waals surface area contributed by atoms with Gasteiger partial charge in [0.15, 0.2) is 0 Å². The quantitative estimate of drug-likeness (QED) is 0.780. The molecule has 1 atom stereocenters. The molecule has 1 saturated heterocycles. The molecule has 0 N–H and O–H groups in total. The maximum absolute atomic E-state index is 12.4. The van der Waals surface area contributed by atoms with Gasteiger partial charge in [-0.1, -0.05) is 48.0 Å². The van der Waals surface area contributed by atoms with Crippen molar-refractivity contribution in [3.8, 4) is 0 Å². The summed E-state index contributed by atoms with van der Waals surface area (Å²) < 4.78 is 30.4. The van der Waals surface area contributed by atoms with E-state index in [1.807, 2.05) is 25.1 Å². The molecule has 2 aromatic rings. The van der Waals surface area contributed by atoms with Crippen molar-refractivity contribution in [2.45, 2.75) is 37.3 Å². The van der Waals surface area contributed by atoms with Crippen LogP contribution in [0, 0.1) is 6.92 Å². The molecule has 0 radical (unpaired) electrons. The minimum absolute atomic E-state index is 0.230. The lowest BCUT2D eigenvalue weighted by atomic mass is 10.1. The SMILES string of the molecule is Cc1ccc(S(=O)(=O)OC2CCCN(Cc3ccccc3)C2)cc1. The Bertz CT molecular complexity index is 757. The van der Waals surface area contributed by atoms with Crippen molar-refractivity contribution in [1.82, 2.24) is 4.90 Å². The Hall–Kier alpha value is -1.69. The van der Waals surface area contributed by atoms with Crippen LogP contribution < -0.4 is 0 Å². The minimum Gasteiger partial charge on any atom is -0.296 e. The first kappa shape index (κ1) is 17.1. The summed E-state index contributed by atoms with van der Waals surface area (Å²) in [5.74, 6) is 0. The number of benzene rings is 2. The molecule has 0 aromatic heterocycles. The van der Waals surface area contributed by atoms with Gasteiger partial charge in [0.25, 0.3) is 10.1 Å². The molecule has 0 aliphatic carbocycles. The fourth-order valence-electron chi connectivity index (χ4n) is 3.02. The molecule has 1 aliphatic heterocycles. The third-order valence-corrected chi connectivity index (χ3v) is 5.66. The van der Waals surface area contributed by atoms with Crippen molar-refractivity contribution in [3.63, 3.8) is 0 Å². The highest BCUT2D eigenvalue weighted by Crippen LogP contribution is 2.21. The molecule has 2 aromatic carbocycles. The van der Waals surface area contributed by atoms with Crippen LogP contribution >= 0.6 is 0 Å². The Morgan fingerprint density at radius 1 is 1.08 bits per heavy atom. The minimum atomic E-state index is -3.70. The summed E-state index contributed by atoms with van der Waals surface area (Å²) in [4.78, 5) is 2.49. The van der Waals surface area contributed by atoms with Crippen molar-refractivity contribution in [2.75, 3.05) is 13.1 Å². The Labute approximate surface area is 144 Å². The third kappa shape index (κ3) is 4.44.